The fraction of sp³-hybridized carbons (Fsp3) is 0.500. The number of hydrogen-bond acceptors (Lipinski definition) is 5. The van der Waals surface area contributed by atoms with Gasteiger partial charge in [-0.15, -0.1) is 0 Å². The van der Waals surface area contributed by atoms with Gasteiger partial charge in [0.25, 0.3) is 11.8 Å². The van der Waals surface area contributed by atoms with Crippen molar-refractivity contribution in [3.05, 3.63) is 34.9 Å². The highest BCUT2D eigenvalue weighted by atomic mass is 16.5. The molecule has 0 saturated carbocycles. The minimum atomic E-state index is -0.981. The first-order valence-electron chi connectivity index (χ1n) is 9.17. The molecule has 1 fully saturated rings. The first-order chi connectivity index (χ1) is 13.0. The minimum absolute atomic E-state index is 0.0897. The van der Waals surface area contributed by atoms with Crippen molar-refractivity contribution >= 4 is 23.8 Å². The molecule has 1 heterocycles. The molecule has 2 rings (SSSR count). The lowest BCUT2D eigenvalue weighted by molar-refractivity contribution is -0.149. The normalized spacial score (nSPS) is 16.5. The van der Waals surface area contributed by atoms with Crippen molar-refractivity contribution in [1.82, 2.24) is 15.5 Å². The van der Waals surface area contributed by atoms with E-state index < -0.39 is 36.0 Å². The Balaban J connectivity index is 1.76. The number of benzene rings is 1. The number of nitrogens with zero attached hydrogens (tertiary/aromatic N) is 1. The Bertz CT molecular complexity index is 803. The van der Waals surface area contributed by atoms with E-state index in [-0.39, 0.29) is 19.0 Å². The molecule has 0 spiro atoms. The second kappa shape index (κ2) is 8.41. The van der Waals surface area contributed by atoms with Crippen LogP contribution in [0.1, 0.15) is 49.9 Å². The number of carbonyl (C=O) groups excluding carboxylic acids is 4. The van der Waals surface area contributed by atoms with Crippen LogP contribution in [0.5, 0.6) is 0 Å². The molecule has 1 unspecified atom stereocenters. The summed E-state index contributed by atoms with van der Waals surface area (Å²) in [4.78, 5) is 48.6. The Morgan fingerprint density at radius 2 is 1.89 bits per heavy atom. The van der Waals surface area contributed by atoms with Gasteiger partial charge in [0.15, 0.2) is 6.61 Å². The summed E-state index contributed by atoms with van der Waals surface area (Å²) < 4.78 is 4.95. The number of rotatable bonds is 7. The maximum atomic E-state index is 12.0. The fourth-order valence-corrected chi connectivity index (χ4v) is 2.84. The zero-order valence-electron chi connectivity index (χ0n) is 16.9. The van der Waals surface area contributed by atoms with Gasteiger partial charge in [-0.05, 0) is 51.3 Å². The third kappa shape index (κ3) is 5.09. The number of urea groups is 1. The van der Waals surface area contributed by atoms with Gasteiger partial charge in [-0.2, -0.15) is 0 Å². The Morgan fingerprint density at radius 3 is 2.46 bits per heavy atom. The van der Waals surface area contributed by atoms with Crippen LogP contribution in [-0.4, -0.2) is 47.4 Å². The molecule has 152 valence electrons. The van der Waals surface area contributed by atoms with Crippen LogP contribution in [0.4, 0.5) is 4.79 Å². The summed E-state index contributed by atoms with van der Waals surface area (Å²) in [5.41, 5.74) is 2.29. The average molecular weight is 389 g/mol. The van der Waals surface area contributed by atoms with E-state index in [1.807, 2.05) is 39.0 Å². The zero-order chi connectivity index (χ0) is 21.1. The van der Waals surface area contributed by atoms with Gasteiger partial charge in [0, 0.05) is 6.54 Å². The predicted molar refractivity (Wildman–Crippen MR) is 102 cm³/mol. The molecule has 0 bridgehead atoms. The molecule has 0 aromatic heterocycles. The average Bonchev–Trinajstić information content (AvgIpc) is 2.81. The lowest BCUT2D eigenvalue weighted by atomic mass is 10.0. The summed E-state index contributed by atoms with van der Waals surface area (Å²) in [6.45, 7) is 8.54. The quantitative estimate of drug-likeness (QED) is 0.546. The van der Waals surface area contributed by atoms with E-state index in [0.29, 0.717) is 0 Å². The first-order valence-corrected chi connectivity index (χ1v) is 9.17. The van der Waals surface area contributed by atoms with Crippen LogP contribution >= 0.6 is 0 Å². The van der Waals surface area contributed by atoms with E-state index in [1.54, 1.807) is 13.8 Å². The number of esters is 1. The highest BCUT2D eigenvalue weighted by Crippen LogP contribution is 2.17. The van der Waals surface area contributed by atoms with E-state index in [4.69, 9.17) is 4.74 Å². The molecule has 0 aliphatic carbocycles. The summed E-state index contributed by atoms with van der Waals surface area (Å²) in [6.07, 6.45) is -0.171. The van der Waals surface area contributed by atoms with Gasteiger partial charge in [-0.3, -0.25) is 19.3 Å². The summed E-state index contributed by atoms with van der Waals surface area (Å²) >= 11 is 0. The molecule has 0 radical (unpaired) electrons. The lowest BCUT2D eigenvalue weighted by Crippen LogP contribution is -2.40. The van der Waals surface area contributed by atoms with Crippen LogP contribution in [0.25, 0.3) is 0 Å². The Kier molecular flexibility index (Phi) is 6.43. The number of amides is 4. The van der Waals surface area contributed by atoms with Crippen molar-refractivity contribution in [1.29, 1.82) is 0 Å². The van der Waals surface area contributed by atoms with Crippen LogP contribution < -0.4 is 10.6 Å². The first kappa shape index (κ1) is 21.4. The van der Waals surface area contributed by atoms with Gasteiger partial charge in [0.1, 0.15) is 5.54 Å². The smallest absolute Gasteiger partial charge is 0.325 e. The fourth-order valence-electron chi connectivity index (χ4n) is 2.84. The standard InChI is InChI=1S/C20H27N3O5/c1-12-6-7-15(10-13(12)2)14(3)21-16(24)11-28-17(25)8-9-23-18(26)20(4,5)22-19(23)27/h6-7,10,14H,8-9,11H2,1-5H3,(H,21,24)(H,22,27). The summed E-state index contributed by atoms with van der Waals surface area (Å²) in [6, 6.07) is 5.18. The highest BCUT2D eigenvalue weighted by molar-refractivity contribution is 6.06. The third-order valence-electron chi connectivity index (χ3n) is 4.76. The molecule has 4 amide bonds. The highest BCUT2D eigenvalue weighted by Gasteiger charge is 2.44. The maximum absolute atomic E-state index is 12.0. The van der Waals surface area contributed by atoms with Gasteiger partial charge in [0.05, 0.1) is 12.5 Å². The Labute approximate surface area is 164 Å². The van der Waals surface area contributed by atoms with Crippen molar-refractivity contribution in [2.45, 2.75) is 52.6 Å². The second-order valence-corrected chi connectivity index (χ2v) is 7.56. The molecule has 8 heteroatoms. The topological polar surface area (TPSA) is 105 Å². The van der Waals surface area contributed by atoms with Crippen LogP contribution in [0.2, 0.25) is 0 Å². The lowest BCUT2D eigenvalue weighted by Gasteiger charge is -2.16. The molecule has 1 atom stereocenters. The number of aryl methyl sites for hydroxylation is 2. The van der Waals surface area contributed by atoms with E-state index in [0.717, 1.165) is 16.0 Å². The van der Waals surface area contributed by atoms with Crippen LogP contribution in [0.15, 0.2) is 18.2 Å². The number of carbonyl (C=O) groups is 4. The number of nitrogens with one attached hydrogen (secondary N) is 2. The molecular weight excluding hydrogens is 362 g/mol. The molecule has 1 aliphatic rings. The monoisotopic (exact) mass is 389 g/mol. The van der Waals surface area contributed by atoms with E-state index >= 15 is 0 Å². The van der Waals surface area contributed by atoms with Crippen molar-refractivity contribution in [3.8, 4) is 0 Å². The molecule has 1 aliphatic heterocycles. The van der Waals surface area contributed by atoms with Crippen molar-refractivity contribution < 1.29 is 23.9 Å². The van der Waals surface area contributed by atoms with E-state index in [1.165, 1.54) is 5.56 Å². The second-order valence-electron chi connectivity index (χ2n) is 7.56. The number of imide groups is 1. The van der Waals surface area contributed by atoms with Crippen LogP contribution in [0, 0.1) is 13.8 Å². The van der Waals surface area contributed by atoms with Gasteiger partial charge in [0.2, 0.25) is 0 Å². The van der Waals surface area contributed by atoms with Gasteiger partial charge < -0.3 is 15.4 Å². The summed E-state index contributed by atoms with van der Waals surface area (Å²) in [5.74, 6) is -1.47. The van der Waals surface area contributed by atoms with Gasteiger partial charge in [-0.25, -0.2) is 4.79 Å². The molecule has 1 saturated heterocycles. The summed E-state index contributed by atoms with van der Waals surface area (Å²) in [7, 11) is 0. The van der Waals surface area contributed by atoms with Gasteiger partial charge in [-0.1, -0.05) is 18.2 Å². The third-order valence-corrected chi connectivity index (χ3v) is 4.76. The maximum Gasteiger partial charge on any atom is 0.325 e. The number of hydrogen-bond donors (Lipinski definition) is 2. The zero-order valence-corrected chi connectivity index (χ0v) is 16.9. The predicted octanol–water partition coefficient (Wildman–Crippen LogP) is 1.74. The Hall–Kier alpha value is -2.90. The molecule has 1 aromatic carbocycles. The van der Waals surface area contributed by atoms with Gasteiger partial charge >= 0.3 is 12.0 Å². The summed E-state index contributed by atoms with van der Waals surface area (Å²) in [5, 5.41) is 5.31. The largest absolute Gasteiger partial charge is 0.456 e. The molecule has 28 heavy (non-hydrogen) atoms. The van der Waals surface area contributed by atoms with Crippen molar-refractivity contribution in [2.24, 2.45) is 0 Å². The minimum Gasteiger partial charge on any atom is -0.456 e. The van der Waals surface area contributed by atoms with Crippen LogP contribution in [0.3, 0.4) is 0 Å². The van der Waals surface area contributed by atoms with Crippen molar-refractivity contribution in [3.63, 3.8) is 0 Å². The Morgan fingerprint density at radius 1 is 1.21 bits per heavy atom. The molecule has 2 N–H and O–H groups in total. The SMILES string of the molecule is Cc1ccc(C(C)NC(=O)COC(=O)CCN2C(=O)NC(C)(C)C2=O)cc1C. The van der Waals surface area contributed by atoms with E-state index in [9.17, 15) is 19.2 Å². The van der Waals surface area contributed by atoms with Crippen molar-refractivity contribution in [2.75, 3.05) is 13.2 Å². The molecule has 1 aromatic rings. The molecule has 8 nitrogen and oxygen atoms in total. The number of ether oxygens (including phenoxy) is 1. The van der Waals surface area contributed by atoms with Crippen LogP contribution in [-0.2, 0) is 19.1 Å². The molecular formula is C20H27N3O5. The van der Waals surface area contributed by atoms with E-state index in [2.05, 4.69) is 10.6 Å².